The fourth-order valence-corrected chi connectivity index (χ4v) is 11.8. The average Bonchev–Trinajstić information content (AvgIpc) is 3.53. The summed E-state index contributed by atoms with van der Waals surface area (Å²) < 4.78 is 21.4. The van der Waals surface area contributed by atoms with Gasteiger partial charge in [-0.3, -0.25) is 9.59 Å². The third kappa shape index (κ3) is 16.2. The molecule has 352 valence electrons. The number of carbonyl (C=O) groups is 2. The molecular weight excluding hydrogens is 839 g/mol. The van der Waals surface area contributed by atoms with E-state index in [0.717, 1.165) is 41.9 Å². The van der Waals surface area contributed by atoms with Crippen molar-refractivity contribution < 1.29 is 28.0 Å². The number of aromatic nitrogens is 1. The molecule has 0 aliphatic carbocycles. The number of benzene rings is 1. The minimum Gasteiger partial charge on any atom is -0.481 e. The van der Waals surface area contributed by atoms with E-state index in [2.05, 4.69) is 152 Å². The molecule has 7 nitrogen and oxygen atoms in total. The summed E-state index contributed by atoms with van der Waals surface area (Å²) in [7, 11) is -6.91. The average molecular weight is 929 g/mol. The van der Waals surface area contributed by atoms with Gasteiger partial charge >= 0.3 is 5.97 Å². The zero-order valence-corrected chi connectivity index (χ0v) is 46.9. The van der Waals surface area contributed by atoms with Crippen LogP contribution >= 0.6 is 11.3 Å². The Bertz CT molecular complexity index is 1810. The first-order chi connectivity index (χ1) is 28.0. The van der Waals surface area contributed by atoms with E-state index in [1.807, 2.05) is 39.0 Å². The number of Topliss-reactive ketones (excluding diaryl/α,β-unsaturated/α-hetero) is 1. The van der Waals surface area contributed by atoms with Crippen LogP contribution in [0.25, 0.3) is 6.08 Å². The van der Waals surface area contributed by atoms with Crippen LogP contribution in [0.3, 0.4) is 0 Å². The van der Waals surface area contributed by atoms with Crippen molar-refractivity contribution in [1.29, 1.82) is 0 Å². The number of rotatable bonds is 23. The largest absolute Gasteiger partial charge is 0.481 e. The molecule has 62 heavy (non-hydrogen) atoms. The van der Waals surface area contributed by atoms with Crippen molar-refractivity contribution in [2.75, 3.05) is 0 Å². The van der Waals surface area contributed by atoms with Gasteiger partial charge in [-0.1, -0.05) is 125 Å². The SMILES string of the molecule is C/C(=C/C[C@H](O[Si](C)(C)C(C)(C)C)/C(C)=C/c1csc(C)n1)CCC[C@H](C)[C@H](O[Si](C)(C)C(C)(C)C)[C@@H](Cc1ccccc1)C(=O)C(C)(C)[C@H](CC(=O)O)O[Si](C)(C)C(C)(C)C. The van der Waals surface area contributed by atoms with Crippen LogP contribution in [0.5, 0.6) is 0 Å². The minimum absolute atomic E-state index is 0.0157. The summed E-state index contributed by atoms with van der Waals surface area (Å²) in [5.74, 6) is -1.39. The summed E-state index contributed by atoms with van der Waals surface area (Å²) in [5, 5.41) is 13.2. The number of thiazole rings is 1. The van der Waals surface area contributed by atoms with E-state index in [1.165, 1.54) is 11.1 Å². The van der Waals surface area contributed by atoms with Crippen LogP contribution < -0.4 is 0 Å². The number of allylic oxidation sites excluding steroid dienone is 1. The summed E-state index contributed by atoms with van der Waals surface area (Å²) in [5.41, 5.74) is 3.50. The number of aliphatic carboxylic acids is 1. The first-order valence-electron chi connectivity index (χ1n) is 23.1. The number of nitrogens with zero attached hydrogens (tertiary/aromatic N) is 1. The lowest BCUT2D eigenvalue weighted by Gasteiger charge is -2.47. The van der Waals surface area contributed by atoms with Crippen LogP contribution in [-0.4, -0.2) is 65.1 Å². The van der Waals surface area contributed by atoms with E-state index in [1.54, 1.807) is 11.3 Å². The normalized spacial score (nSPS) is 16.8. The summed E-state index contributed by atoms with van der Waals surface area (Å²) in [6.07, 6.45) is 7.21. The van der Waals surface area contributed by atoms with Crippen molar-refractivity contribution in [3.8, 4) is 0 Å². The number of hydrogen-bond acceptors (Lipinski definition) is 7. The summed E-state index contributed by atoms with van der Waals surface area (Å²) in [6.45, 7) is 46.1. The van der Waals surface area contributed by atoms with Gasteiger partial charge in [0.2, 0.25) is 0 Å². The van der Waals surface area contributed by atoms with E-state index >= 15 is 4.79 Å². The molecule has 0 aliphatic heterocycles. The van der Waals surface area contributed by atoms with Gasteiger partial charge in [-0.2, -0.15) is 0 Å². The molecule has 2 aromatic rings. The molecule has 0 amide bonds. The van der Waals surface area contributed by atoms with Crippen LogP contribution in [-0.2, 0) is 29.3 Å². The van der Waals surface area contributed by atoms with Gasteiger partial charge in [0.25, 0.3) is 0 Å². The Kier molecular flexibility index (Phi) is 19.9. The van der Waals surface area contributed by atoms with E-state index in [9.17, 15) is 9.90 Å². The Balaban J connectivity index is 2.56. The fraction of sp³-hybridized carbons (Fsp3) is 0.706. The lowest BCUT2D eigenvalue weighted by atomic mass is 9.70. The molecule has 0 unspecified atom stereocenters. The second-order valence-electron chi connectivity index (χ2n) is 23.4. The van der Waals surface area contributed by atoms with Gasteiger partial charge in [-0.05, 0) is 130 Å². The van der Waals surface area contributed by atoms with Gasteiger partial charge in [0.15, 0.2) is 25.0 Å². The molecule has 1 aromatic carbocycles. The molecule has 5 atom stereocenters. The second-order valence-corrected chi connectivity index (χ2v) is 38.7. The number of ketones is 1. The number of carboxylic acid groups (broad SMARTS) is 1. The van der Waals surface area contributed by atoms with E-state index in [0.29, 0.717) is 6.42 Å². The molecule has 0 spiro atoms. The van der Waals surface area contributed by atoms with Crippen molar-refractivity contribution in [3.05, 3.63) is 69.2 Å². The van der Waals surface area contributed by atoms with Gasteiger partial charge < -0.3 is 18.4 Å². The zero-order valence-electron chi connectivity index (χ0n) is 43.1. The lowest BCUT2D eigenvalue weighted by molar-refractivity contribution is -0.146. The van der Waals surface area contributed by atoms with Crippen LogP contribution in [0.2, 0.25) is 54.4 Å². The molecule has 0 radical (unpaired) electrons. The van der Waals surface area contributed by atoms with Gasteiger partial charge in [0.05, 0.1) is 35.4 Å². The first kappa shape index (κ1) is 56.1. The Morgan fingerprint density at radius 1 is 0.806 bits per heavy atom. The Labute approximate surface area is 386 Å². The predicted octanol–water partition coefficient (Wildman–Crippen LogP) is 15.1. The Morgan fingerprint density at radius 3 is 1.81 bits per heavy atom. The van der Waals surface area contributed by atoms with Crippen LogP contribution in [0.15, 0.2) is 52.9 Å². The highest BCUT2D eigenvalue weighted by atomic mass is 32.1. The molecule has 1 heterocycles. The van der Waals surface area contributed by atoms with E-state index in [4.69, 9.17) is 18.3 Å². The maximum absolute atomic E-state index is 15.5. The molecule has 0 fully saturated rings. The molecule has 11 heteroatoms. The molecule has 2 rings (SSSR count). The standard InChI is InChI=1S/C51H89NO6SSi3/c1-36(30-31-43(56-60(16,17)48(5,6)7)38(3)32-41-35-59-39(4)52-41)26-25-27-37(2)46(58-62(20,21)50(11,12)13)42(33-40-28-23-22-24-29-40)47(55)51(14,15)44(34-45(53)54)57-61(18,19)49(8,9)10/h22-24,28-30,32,35,37,42-44,46H,25-27,31,33-34H2,1-21H3,(H,53,54)/b36-30-,38-32+/t37-,42+,43-,44-,46-/m0/s1. The highest BCUT2D eigenvalue weighted by Gasteiger charge is 2.51. The Hall–Kier alpha value is -2.00. The first-order valence-corrected chi connectivity index (χ1v) is 32.7. The molecule has 1 N–H and O–H groups in total. The van der Waals surface area contributed by atoms with Gasteiger partial charge in [-0.25, -0.2) is 4.98 Å². The van der Waals surface area contributed by atoms with Crippen molar-refractivity contribution in [1.82, 2.24) is 4.98 Å². The molecule has 0 bridgehead atoms. The number of hydrogen-bond donors (Lipinski definition) is 1. The molecule has 0 aliphatic rings. The fourth-order valence-electron chi connectivity index (χ4n) is 7.02. The number of carbonyl (C=O) groups excluding carboxylic acids is 1. The molecule has 1 aromatic heterocycles. The predicted molar refractivity (Wildman–Crippen MR) is 273 cm³/mol. The van der Waals surface area contributed by atoms with Gasteiger partial charge in [0, 0.05) is 16.7 Å². The van der Waals surface area contributed by atoms with Crippen LogP contribution in [0.1, 0.15) is 145 Å². The third-order valence-corrected chi connectivity index (χ3v) is 28.8. The summed E-state index contributed by atoms with van der Waals surface area (Å²) in [4.78, 5) is 32.7. The van der Waals surface area contributed by atoms with Crippen LogP contribution in [0, 0.1) is 24.2 Å². The minimum atomic E-state index is -2.45. The number of aryl methyl sites for hydroxylation is 1. The van der Waals surface area contributed by atoms with Crippen LogP contribution in [0.4, 0.5) is 0 Å². The van der Waals surface area contributed by atoms with Crippen molar-refractivity contribution in [2.24, 2.45) is 17.3 Å². The lowest BCUT2D eigenvalue weighted by Crippen LogP contribution is -2.55. The maximum atomic E-state index is 15.5. The van der Waals surface area contributed by atoms with Crippen molar-refractivity contribution in [3.63, 3.8) is 0 Å². The van der Waals surface area contributed by atoms with E-state index in [-0.39, 0.29) is 45.4 Å². The van der Waals surface area contributed by atoms with Gasteiger partial charge in [-0.15, -0.1) is 11.3 Å². The highest BCUT2D eigenvalue weighted by molar-refractivity contribution is 7.09. The second kappa shape index (κ2) is 22.0. The monoisotopic (exact) mass is 928 g/mol. The quantitative estimate of drug-likeness (QED) is 0.0876. The van der Waals surface area contributed by atoms with Crippen molar-refractivity contribution in [2.45, 2.75) is 215 Å². The molecular formula is C51H89NO6SSi3. The van der Waals surface area contributed by atoms with Gasteiger partial charge in [0.1, 0.15) is 5.78 Å². The highest BCUT2D eigenvalue weighted by Crippen LogP contribution is 2.45. The Morgan fingerprint density at radius 2 is 1.32 bits per heavy atom. The summed E-state index contributed by atoms with van der Waals surface area (Å²) >= 11 is 1.67. The smallest absolute Gasteiger partial charge is 0.305 e. The maximum Gasteiger partial charge on any atom is 0.305 e. The molecule has 0 saturated heterocycles. The van der Waals surface area contributed by atoms with Crippen molar-refractivity contribution >= 4 is 54.1 Å². The third-order valence-electron chi connectivity index (χ3n) is 14.5. The topological polar surface area (TPSA) is 95.0 Å². The number of carboxylic acids is 1. The van der Waals surface area contributed by atoms with E-state index < -0.39 is 48.4 Å². The zero-order chi connectivity index (χ0) is 47.9. The molecule has 0 saturated carbocycles. The summed E-state index contributed by atoms with van der Waals surface area (Å²) in [6, 6.07) is 10.2.